The lowest BCUT2D eigenvalue weighted by Crippen LogP contribution is -2.00. The summed E-state index contributed by atoms with van der Waals surface area (Å²) in [5.74, 6) is 1.85. The minimum Gasteiger partial charge on any atom is -0.455 e. The SMILES string of the molecule is C1=CC(c2ccc(-c3nc(-c4ccc(-c5ccccc5)cc4)nc(-c4cccc5oc6c(-c7ccccc7)cccc6c45)n3)cc2)=CCC1. The van der Waals surface area contributed by atoms with Gasteiger partial charge in [-0.1, -0.05) is 158 Å². The van der Waals surface area contributed by atoms with Crippen LogP contribution in [-0.4, -0.2) is 15.0 Å². The molecular formula is C45H31N3O. The monoisotopic (exact) mass is 629 g/mol. The van der Waals surface area contributed by atoms with Crippen LogP contribution in [0.5, 0.6) is 0 Å². The average molecular weight is 630 g/mol. The summed E-state index contributed by atoms with van der Waals surface area (Å²) in [6.45, 7) is 0. The third-order valence-corrected chi connectivity index (χ3v) is 9.21. The van der Waals surface area contributed by atoms with E-state index in [0.717, 1.165) is 68.2 Å². The quantitative estimate of drug-likeness (QED) is 0.184. The van der Waals surface area contributed by atoms with Crippen molar-refractivity contribution >= 4 is 27.5 Å². The fourth-order valence-electron chi connectivity index (χ4n) is 6.72. The van der Waals surface area contributed by atoms with Gasteiger partial charge >= 0.3 is 0 Å². The lowest BCUT2D eigenvalue weighted by molar-refractivity contribution is 0.670. The van der Waals surface area contributed by atoms with E-state index in [1.165, 1.54) is 16.7 Å². The molecule has 0 saturated heterocycles. The van der Waals surface area contributed by atoms with Crippen molar-refractivity contribution in [3.8, 4) is 56.4 Å². The molecule has 0 fully saturated rings. The van der Waals surface area contributed by atoms with Gasteiger partial charge in [0.1, 0.15) is 11.2 Å². The van der Waals surface area contributed by atoms with Gasteiger partial charge in [-0.05, 0) is 46.7 Å². The lowest BCUT2D eigenvalue weighted by atomic mass is 9.98. The number of aromatic nitrogens is 3. The molecule has 1 aliphatic rings. The van der Waals surface area contributed by atoms with E-state index >= 15 is 0 Å². The Morgan fingerprint density at radius 3 is 1.67 bits per heavy atom. The predicted molar refractivity (Wildman–Crippen MR) is 201 cm³/mol. The molecule has 4 nitrogen and oxygen atoms in total. The van der Waals surface area contributed by atoms with Crippen LogP contribution in [0.4, 0.5) is 0 Å². The van der Waals surface area contributed by atoms with Crippen LogP contribution in [0, 0.1) is 0 Å². The second-order valence-electron chi connectivity index (χ2n) is 12.3. The number of rotatable bonds is 6. The van der Waals surface area contributed by atoms with E-state index in [2.05, 4.69) is 140 Å². The van der Waals surface area contributed by atoms with Crippen molar-refractivity contribution < 1.29 is 4.42 Å². The van der Waals surface area contributed by atoms with Gasteiger partial charge in [-0.3, -0.25) is 0 Å². The molecule has 8 aromatic rings. The lowest BCUT2D eigenvalue weighted by Gasteiger charge is -2.11. The van der Waals surface area contributed by atoms with Crippen LogP contribution >= 0.6 is 0 Å². The number of furan rings is 1. The molecule has 6 aromatic carbocycles. The van der Waals surface area contributed by atoms with Crippen molar-refractivity contribution in [3.05, 3.63) is 169 Å². The molecule has 0 N–H and O–H groups in total. The summed E-state index contributed by atoms with van der Waals surface area (Å²) >= 11 is 0. The zero-order valence-electron chi connectivity index (χ0n) is 26.8. The highest BCUT2D eigenvalue weighted by Gasteiger charge is 2.19. The third-order valence-electron chi connectivity index (χ3n) is 9.21. The normalized spacial score (nSPS) is 12.8. The number of hydrogen-bond donors (Lipinski definition) is 0. The number of hydrogen-bond acceptors (Lipinski definition) is 4. The molecule has 2 heterocycles. The van der Waals surface area contributed by atoms with Crippen LogP contribution in [0.25, 0.3) is 83.9 Å². The van der Waals surface area contributed by atoms with E-state index in [1.807, 2.05) is 24.3 Å². The summed E-state index contributed by atoms with van der Waals surface area (Å²) in [7, 11) is 0. The van der Waals surface area contributed by atoms with Crippen molar-refractivity contribution in [1.82, 2.24) is 15.0 Å². The van der Waals surface area contributed by atoms with Crippen molar-refractivity contribution in [2.24, 2.45) is 0 Å². The molecule has 0 spiro atoms. The Morgan fingerprint density at radius 2 is 1.00 bits per heavy atom. The molecule has 232 valence electrons. The first-order chi connectivity index (χ1) is 24.3. The molecule has 49 heavy (non-hydrogen) atoms. The van der Waals surface area contributed by atoms with Crippen molar-refractivity contribution in [1.29, 1.82) is 0 Å². The first kappa shape index (κ1) is 28.8. The van der Waals surface area contributed by atoms with Gasteiger partial charge in [-0.2, -0.15) is 0 Å². The number of fused-ring (bicyclic) bond motifs is 3. The molecule has 9 rings (SSSR count). The van der Waals surface area contributed by atoms with Crippen LogP contribution in [0.1, 0.15) is 18.4 Å². The Morgan fingerprint density at radius 1 is 0.429 bits per heavy atom. The first-order valence-electron chi connectivity index (χ1n) is 16.7. The topological polar surface area (TPSA) is 51.8 Å². The van der Waals surface area contributed by atoms with E-state index < -0.39 is 0 Å². The van der Waals surface area contributed by atoms with Gasteiger partial charge in [0.05, 0.1) is 0 Å². The van der Waals surface area contributed by atoms with Gasteiger partial charge in [0, 0.05) is 33.0 Å². The Balaban J connectivity index is 1.21. The molecule has 0 bridgehead atoms. The van der Waals surface area contributed by atoms with Gasteiger partial charge in [-0.25, -0.2) is 15.0 Å². The average Bonchev–Trinajstić information content (AvgIpc) is 3.58. The number of nitrogens with zero attached hydrogens (tertiary/aromatic N) is 3. The summed E-state index contributed by atoms with van der Waals surface area (Å²) < 4.78 is 6.57. The fourth-order valence-corrected chi connectivity index (χ4v) is 6.72. The van der Waals surface area contributed by atoms with Crippen molar-refractivity contribution in [3.63, 3.8) is 0 Å². The van der Waals surface area contributed by atoms with Gasteiger partial charge in [-0.15, -0.1) is 0 Å². The highest BCUT2D eigenvalue weighted by atomic mass is 16.3. The first-order valence-corrected chi connectivity index (χ1v) is 16.7. The summed E-state index contributed by atoms with van der Waals surface area (Å²) in [4.78, 5) is 15.3. The van der Waals surface area contributed by atoms with Crippen LogP contribution < -0.4 is 0 Å². The van der Waals surface area contributed by atoms with Gasteiger partial charge in [0.15, 0.2) is 17.5 Å². The summed E-state index contributed by atoms with van der Waals surface area (Å²) in [6.07, 6.45) is 8.90. The molecule has 0 unspecified atom stereocenters. The van der Waals surface area contributed by atoms with Crippen molar-refractivity contribution in [2.75, 3.05) is 0 Å². The van der Waals surface area contributed by atoms with Crippen LogP contribution in [0.3, 0.4) is 0 Å². The Bertz CT molecular complexity index is 2510. The molecular weight excluding hydrogens is 599 g/mol. The summed E-state index contributed by atoms with van der Waals surface area (Å²) in [6, 6.07) is 50.2. The van der Waals surface area contributed by atoms with E-state index in [-0.39, 0.29) is 0 Å². The standard InChI is InChI=1S/C45H31N3O/c1-4-12-30(13-5-1)32-22-26-35(27-23-32)43-46-44(36-28-24-33(25-29-36)31-14-6-2-7-15-31)48-45(47-43)39-20-11-21-40-41(39)38-19-10-18-37(42(38)49-40)34-16-8-3-9-17-34/h1,3-6,8-29H,2,7H2. The molecule has 0 aliphatic heterocycles. The fraction of sp³-hybridized carbons (Fsp3) is 0.0444. The zero-order chi connectivity index (χ0) is 32.6. The largest absolute Gasteiger partial charge is 0.455 e. The van der Waals surface area contributed by atoms with Gasteiger partial charge in [0.2, 0.25) is 0 Å². The van der Waals surface area contributed by atoms with Crippen LogP contribution in [0.15, 0.2) is 168 Å². The molecule has 4 heteroatoms. The maximum absolute atomic E-state index is 6.57. The van der Waals surface area contributed by atoms with E-state index in [1.54, 1.807) is 0 Å². The van der Waals surface area contributed by atoms with E-state index in [4.69, 9.17) is 19.4 Å². The predicted octanol–water partition coefficient (Wildman–Crippen LogP) is 11.8. The smallest absolute Gasteiger partial charge is 0.164 e. The molecule has 0 amide bonds. The number of allylic oxidation sites excluding steroid dienone is 4. The highest BCUT2D eigenvalue weighted by Crippen LogP contribution is 2.40. The molecule has 0 saturated carbocycles. The summed E-state index contributed by atoms with van der Waals surface area (Å²) in [5, 5.41) is 2.02. The Labute approximate surface area is 284 Å². The molecule has 1 aliphatic carbocycles. The number of para-hydroxylation sites is 1. The highest BCUT2D eigenvalue weighted by molar-refractivity contribution is 6.15. The third kappa shape index (κ3) is 5.43. The minimum absolute atomic E-state index is 0.604. The summed E-state index contributed by atoms with van der Waals surface area (Å²) in [5.41, 5.74) is 11.3. The van der Waals surface area contributed by atoms with Crippen LogP contribution in [-0.2, 0) is 0 Å². The zero-order valence-corrected chi connectivity index (χ0v) is 26.8. The van der Waals surface area contributed by atoms with E-state index in [0.29, 0.717) is 17.5 Å². The van der Waals surface area contributed by atoms with Crippen LogP contribution in [0.2, 0.25) is 0 Å². The minimum atomic E-state index is 0.604. The maximum atomic E-state index is 6.57. The second-order valence-corrected chi connectivity index (χ2v) is 12.3. The maximum Gasteiger partial charge on any atom is 0.164 e. The second kappa shape index (κ2) is 12.3. The molecule has 0 radical (unpaired) electrons. The van der Waals surface area contributed by atoms with Crippen molar-refractivity contribution in [2.45, 2.75) is 12.8 Å². The van der Waals surface area contributed by atoms with E-state index in [9.17, 15) is 0 Å². The molecule has 2 aromatic heterocycles. The Hall–Kier alpha value is -6.39. The van der Waals surface area contributed by atoms with Gasteiger partial charge < -0.3 is 4.42 Å². The molecule has 0 atom stereocenters. The van der Waals surface area contributed by atoms with Gasteiger partial charge in [0.25, 0.3) is 0 Å². The number of benzene rings is 6. The Kier molecular flexibility index (Phi) is 7.25.